The SMILES string of the molecule is CCOc1nn(CCO[Si](C)(C)C(C)(C)C)c(CN2CCC[C@@H]2C(C)O)c1I. The fourth-order valence-corrected chi connectivity index (χ4v) is 5.15. The molecule has 162 valence electrons. The molecule has 1 unspecified atom stereocenters. The largest absolute Gasteiger partial charge is 0.476 e. The monoisotopic (exact) mass is 523 g/mol. The highest BCUT2D eigenvalue weighted by atomic mass is 127. The topological polar surface area (TPSA) is 59.8 Å². The van der Waals surface area contributed by atoms with Gasteiger partial charge in [0.2, 0.25) is 5.88 Å². The molecule has 1 saturated heterocycles. The first-order valence-corrected chi connectivity index (χ1v) is 14.4. The molecule has 1 aliphatic rings. The molecule has 2 rings (SSSR count). The highest BCUT2D eigenvalue weighted by Gasteiger charge is 2.37. The number of aliphatic hydroxyl groups is 1. The van der Waals surface area contributed by atoms with E-state index >= 15 is 0 Å². The van der Waals surface area contributed by atoms with Gasteiger partial charge in [-0.1, -0.05) is 20.8 Å². The van der Waals surface area contributed by atoms with Crippen molar-refractivity contribution in [3.05, 3.63) is 9.26 Å². The third kappa shape index (κ3) is 5.71. The van der Waals surface area contributed by atoms with Gasteiger partial charge in [-0.25, -0.2) is 0 Å². The van der Waals surface area contributed by atoms with Gasteiger partial charge in [0, 0.05) is 12.6 Å². The zero-order chi connectivity index (χ0) is 21.1. The van der Waals surface area contributed by atoms with E-state index in [9.17, 15) is 5.11 Å². The second-order valence-electron chi connectivity index (χ2n) is 9.25. The van der Waals surface area contributed by atoms with E-state index < -0.39 is 8.32 Å². The van der Waals surface area contributed by atoms with E-state index in [0.29, 0.717) is 19.1 Å². The second-order valence-corrected chi connectivity index (χ2v) is 15.1. The molecular weight excluding hydrogens is 485 g/mol. The van der Waals surface area contributed by atoms with Crippen LogP contribution in [0.4, 0.5) is 0 Å². The average Bonchev–Trinajstić information content (AvgIpc) is 3.15. The second kappa shape index (κ2) is 9.76. The van der Waals surface area contributed by atoms with Gasteiger partial charge in [0.05, 0.1) is 35.1 Å². The minimum absolute atomic E-state index is 0.199. The van der Waals surface area contributed by atoms with Gasteiger partial charge in [-0.05, 0) is 74.0 Å². The lowest BCUT2D eigenvalue weighted by atomic mass is 10.1. The summed E-state index contributed by atoms with van der Waals surface area (Å²) >= 11 is 2.35. The maximum Gasteiger partial charge on any atom is 0.246 e. The van der Waals surface area contributed by atoms with Crippen LogP contribution in [0.2, 0.25) is 18.1 Å². The molecule has 1 fully saturated rings. The lowest BCUT2D eigenvalue weighted by Gasteiger charge is -2.36. The van der Waals surface area contributed by atoms with Crippen LogP contribution >= 0.6 is 22.6 Å². The summed E-state index contributed by atoms with van der Waals surface area (Å²) in [6.45, 7) is 19.0. The standard InChI is InChI=1S/C20H38IN3O3Si/c1-8-26-19-18(21)17(14-23-11-9-10-16(23)15(2)25)24(22-19)12-13-27-28(6,7)20(3,4)5/h15-16,25H,8-14H2,1-7H3/t15?,16-/m1/s1. The summed E-state index contributed by atoms with van der Waals surface area (Å²) in [5.74, 6) is 0.707. The maximum absolute atomic E-state index is 10.1. The van der Waals surface area contributed by atoms with Crippen LogP contribution in [0.5, 0.6) is 5.88 Å². The zero-order valence-electron chi connectivity index (χ0n) is 18.6. The summed E-state index contributed by atoms with van der Waals surface area (Å²) < 4.78 is 15.3. The summed E-state index contributed by atoms with van der Waals surface area (Å²) in [5, 5.41) is 15.1. The van der Waals surface area contributed by atoms with Gasteiger partial charge >= 0.3 is 0 Å². The molecule has 0 aliphatic carbocycles. The minimum atomic E-state index is -1.78. The van der Waals surface area contributed by atoms with Gasteiger partial charge in [-0.3, -0.25) is 9.58 Å². The molecule has 0 amide bonds. The minimum Gasteiger partial charge on any atom is -0.476 e. The first kappa shape index (κ1) is 24.1. The van der Waals surface area contributed by atoms with Crippen LogP contribution in [-0.4, -0.2) is 60.0 Å². The van der Waals surface area contributed by atoms with Crippen LogP contribution in [0, 0.1) is 3.57 Å². The van der Waals surface area contributed by atoms with Crippen LogP contribution in [0.15, 0.2) is 0 Å². The molecular formula is C20H38IN3O3Si. The van der Waals surface area contributed by atoms with Gasteiger partial charge in [-0.15, -0.1) is 5.10 Å². The summed E-state index contributed by atoms with van der Waals surface area (Å²) in [6, 6.07) is 0.221. The van der Waals surface area contributed by atoms with Gasteiger partial charge in [0.1, 0.15) is 0 Å². The van der Waals surface area contributed by atoms with Crippen molar-refractivity contribution in [1.29, 1.82) is 0 Å². The van der Waals surface area contributed by atoms with Crippen molar-refractivity contribution in [2.75, 3.05) is 19.8 Å². The van der Waals surface area contributed by atoms with Crippen LogP contribution < -0.4 is 4.74 Å². The lowest BCUT2D eigenvalue weighted by Crippen LogP contribution is -2.41. The van der Waals surface area contributed by atoms with Crippen molar-refractivity contribution in [2.45, 2.75) is 90.8 Å². The zero-order valence-corrected chi connectivity index (χ0v) is 21.7. The Morgan fingerprint density at radius 3 is 2.61 bits per heavy atom. The van der Waals surface area contributed by atoms with E-state index in [2.05, 4.69) is 66.0 Å². The maximum atomic E-state index is 10.1. The summed E-state index contributed by atoms with van der Waals surface area (Å²) in [6.07, 6.45) is 1.87. The van der Waals surface area contributed by atoms with Crippen LogP contribution in [0.3, 0.4) is 0 Å². The Morgan fingerprint density at radius 1 is 1.36 bits per heavy atom. The lowest BCUT2D eigenvalue weighted by molar-refractivity contribution is 0.0809. The number of hydrogen-bond acceptors (Lipinski definition) is 5. The summed E-state index contributed by atoms with van der Waals surface area (Å²) in [7, 11) is -1.78. The van der Waals surface area contributed by atoms with Crippen LogP contribution in [-0.2, 0) is 17.5 Å². The summed E-state index contributed by atoms with van der Waals surface area (Å²) in [5.41, 5.74) is 1.16. The van der Waals surface area contributed by atoms with Gasteiger partial charge in [-0.2, -0.15) is 0 Å². The number of likely N-dealkylation sites (tertiary alicyclic amines) is 1. The van der Waals surface area contributed by atoms with E-state index in [1.54, 1.807) is 0 Å². The third-order valence-electron chi connectivity index (χ3n) is 6.14. The van der Waals surface area contributed by atoms with Crippen molar-refractivity contribution in [3.63, 3.8) is 0 Å². The molecule has 0 spiro atoms. The third-order valence-corrected chi connectivity index (χ3v) is 11.8. The molecule has 1 aromatic heterocycles. The van der Waals surface area contributed by atoms with Crippen molar-refractivity contribution in [3.8, 4) is 5.88 Å². The molecule has 28 heavy (non-hydrogen) atoms. The number of halogens is 1. The molecule has 8 heteroatoms. The Kier molecular flexibility index (Phi) is 8.41. The average molecular weight is 524 g/mol. The first-order valence-electron chi connectivity index (χ1n) is 10.4. The fraction of sp³-hybridized carbons (Fsp3) is 0.850. The molecule has 0 radical (unpaired) electrons. The number of nitrogens with zero attached hydrogens (tertiary/aromatic N) is 3. The van der Waals surface area contributed by atoms with Crippen LogP contribution in [0.1, 0.15) is 53.2 Å². The van der Waals surface area contributed by atoms with E-state index in [-0.39, 0.29) is 17.2 Å². The highest BCUT2D eigenvalue weighted by molar-refractivity contribution is 14.1. The predicted octanol–water partition coefficient (Wildman–Crippen LogP) is 4.25. The van der Waals surface area contributed by atoms with Gasteiger partial charge in [0.25, 0.3) is 0 Å². The van der Waals surface area contributed by atoms with E-state index in [4.69, 9.17) is 14.3 Å². The number of hydrogen-bond donors (Lipinski definition) is 1. The van der Waals surface area contributed by atoms with Gasteiger partial charge < -0.3 is 14.3 Å². The number of rotatable bonds is 9. The number of ether oxygens (including phenoxy) is 1. The molecule has 1 aliphatic heterocycles. The predicted molar refractivity (Wildman–Crippen MR) is 124 cm³/mol. The Labute approximate surface area is 185 Å². The molecule has 2 atom stereocenters. The molecule has 0 aromatic carbocycles. The molecule has 6 nitrogen and oxygen atoms in total. The fourth-order valence-electron chi connectivity index (χ4n) is 3.41. The Morgan fingerprint density at radius 2 is 2.04 bits per heavy atom. The van der Waals surface area contributed by atoms with E-state index in [1.807, 2.05) is 13.8 Å². The molecule has 1 aromatic rings. The molecule has 1 N–H and O–H groups in total. The van der Waals surface area contributed by atoms with Crippen molar-refractivity contribution in [2.24, 2.45) is 0 Å². The Bertz CT molecular complexity index is 643. The van der Waals surface area contributed by atoms with Crippen LogP contribution in [0.25, 0.3) is 0 Å². The van der Waals surface area contributed by atoms with Crippen molar-refractivity contribution in [1.82, 2.24) is 14.7 Å². The van der Waals surface area contributed by atoms with Crippen molar-refractivity contribution >= 4 is 30.9 Å². The molecule has 0 bridgehead atoms. The molecule has 2 heterocycles. The normalized spacial score (nSPS) is 20.0. The quantitative estimate of drug-likeness (QED) is 0.388. The Balaban J connectivity index is 2.15. The Hall–Kier alpha value is -0.163. The smallest absolute Gasteiger partial charge is 0.246 e. The van der Waals surface area contributed by atoms with E-state index in [1.165, 1.54) is 0 Å². The first-order chi connectivity index (χ1) is 13.0. The van der Waals surface area contributed by atoms with Crippen molar-refractivity contribution < 1.29 is 14.3 Å². The summed E-state index contributed by atoms with van der Waals surface area (Å²) in [4.78, 5) is 2.38. The number of aliphatic hydroxyl groups excluding tert-OH is 1. The van der Waals surface area contributed by atoms with Gasteiger partial charge in [0.15, 0.2) is 8.32 Å². The number of aromatic nitrogens is 2. The molecule has 0 saturated carbocycles. The highest BCUT2D eigenvalue weighted by Crippen LogP contribution is 2.36. The van der Waals surface area contributed by atoms with E-state index in [0.717, 1.165) is 41.7 Å².